The molecule has 0 saturated carbocycles. The molecule has 5 aromatic rings. The van der Waals surface area contributed by atoms with Gasteiger partial charge in [0.05, 0.1) is 17.9 Å². The number of nitrogens with zero attached hydrogens (tertiary/aromatic N) is 1. The highest BCUT2D eigenvalue weighted by Crippen LogP contribution is 2.38. The predicted octanol–water partition coefficient (Wildman–Crippen LogP) is 8.39. The number of hydrogen-bond donors (Lipinski definition) is 3. The number of hydrogen-bond acceptors (Lipinski definition) is 8. The summed E-state index contributed by atoms with van der Waals surface area (Å²) >= 11 is 6.18. The largest absolute Gasteiger partial charge is 0.462 e. The summed E-state index contributed by atoms with van der Waals surface area (Å²) in [5.74, 6) is -1.55. The fourth-order valence-corrected chi connectivity index (χ4v) is 8.29. The van der Waals surface area contributed by atoms with Crippen molar-refractivity contribution in [2.24, 2.45) is 0 Å². The zero-order valence-electron chi connectivity index (χ0n) is 28.9. The second-order valence-corrected chi connectivity index (χ2v) is 15.2. The summed E-state index contributed by atoms with van der Waals surface area (Å²) in [6.07, 6.45) is 2.29. The van der Waals surface area contributed by atoms with Gasteiger partial charge >= 0.3 is 5.97 Å². The molecule has 2 heterocycles. The van der Waals surface area contributed by atoms with Crippen LogP contribution in [0.2, 0.25) is 0 Å². The van der Waals surface area contributed by atoms with Crippen molar-refractivity contribution >= 4 is 79.5 Å². The van der Waals surface area contributed by atoms with Gasteiger partial charge in [-0.1, -0.05) is 82.7 Å². The predicted molar refractivity (Wildman–Crippen MR) is 215 cm³/mol. The molecule has 0 spiro atoms. The molecular formula is C41H37BrN4O5S2. The SMILES string of the molecule is CCOC(=O)c1c(NC(=O)CSc2cccc(NC(=O)/C(=C\c3cccc(Br)c3)NC(=O)c3ccccc3)c2)sc2c1CCN(Cc1ccccc1)C2. The number of amides is 3. The number of esters is 1. The van der Waals surface area contributed by atoms with Crippen LogP contribution < -0.4 is 16.0 Å². The molecular weight excluding hydrogens is 773 g/mol. The highest BCUT2D eigenvalue weighted by atomic mass is 79.9. The van der Waals surface area contributed by atoms with Crippen LogP contribution in [0.25, 0.3) is 6.08 Å². The Labute approximate surface area is 325 Å². The van der Waals surface area contributed by atoms with Gasteiger partial charge in [0.1, 0.15) is 10.7 Å². The minimum absolute atomic E-state index is 0.0635. The second-order valence-electron chi connectivity index (χ2n) is 12.1. The van der Waals surface area contributed by atoms with E-state index in [-0.39, 0.29) is 24.0 Å². The molecule has 1 aliphatic rings. The van der Waals surface area contributed by atoms with Crippen LogP contribution in [0.5, 0.6) is 0 Å². The first kappa shape index (κ1) is 37.7. The van der Waals surface area contributed by atoms with Crippen LogP contribution in [0.4, 0.5) is 10.7 Å². The highest BCUT2D eigenvalue weighted by molar-refractivity contribution is 9.10. The Morgan fingerprint density at radius 1 is 0.906 bits per heavy atom. The lowest BCUT2D eigenvalue weighted by atomic mass is 10.0. The molecule has 9 nitrogen and oxygen atoms in total. The molecule has 0 unspecified atom stereocenters. The number of thiophene rings is 1. The Morgan fingerprint density at radius 2 is 1.66 bits per heavy atom. The fraction of sp³-hybridized carbons (Fsp3) is 0.171. The molecule has 0 saturated heterocycles. The van der Waals surface area contributed by atoms with Crippen LogP contribution in [-0.4, -0.2) is 47.5 Å². The molecule has 270 valence electrons. The molecule has 0 fully saturated rings. The number of nitrogens with one attached hydrogen (secondary N) is 3. The van der Waals surface area contributed by atoms with Crippen LogP contribution >= 0.6 is 39.0 Å². The van der Waals surface area contributed by atoms with Gasteiger partial charge in [0.15, 0.2) is 0 Å². The average Bonchev–Trinajstić information content (AvgIpc) is 3.51. The number of anilines is 2. The third kappa shape index (κ3) is 10.3. The third-order valence-electron chi connectivity index (χ3n) is 8.27. The van der Waals surface area contributed by atoms with Gasteiger partial charge in [-0.15, -0.1) is 23.1 Å². The maximum Gasteiger partial charge on any atom is 0.341 e. The Morgan fingerprint density at radius 3 is 2.42 bits per heavy atom. The minimum Gasteiger partial charge on any atom is -0.462 e. The van der Waals surface area contributed by atoms with E-state index in [4.69, 9.17) is 4.74 Å². The number of thioether (sulfide) groups is 1. The summed E-state index contributed by atoms with van der Waals surface area (Å²) in [6, 6.07) is 33.4. The lowest BCUT2D eigenvalue weighted by molar-refractivity contribution is -0.114. The Kier molecular flexibility index (Phi) is 12.9. The van der Waals surface area contributed by atoms with E-state index >= 15 is 0 Å². The quantitative estimate of drug-likeness (QED) is 0.0622. The van der Waals surface area contributed by atoms with Crippen molar-refractivity contribution in [2.45, 2.75) is 31.3 Å². The normalized spacial score (nSPS) is 12.8. The van der Waals surface area contributed by atoms with Crippen molar-refractivity contribution in [3.63, 3.8) is 0 Å². The molecule has 3 N–H and O–H groups in total. The van der Waals surface area contributed by atoms with Gasteiger partial charge < -0.3 is 20.7 Å². The van der Waals surface area contributed by atoms with Crippen molar-refractivity contribution in [3.05, 3.63) is 152 Å². The zero-order chi connectivity index (χ0) is 37.2. The highest BCUT2D eigenvalue weighted by Gasteiger charge is 2.29. The van der Waals surface area contributed by atoms with Gasteiger partial charge in [-0.05, 0) is 78.6 Å². The van der Waals surface area contributed by atoms with Crippen molar-refractivity contribution in [1.82, 2.24) is 10.2 Å². The average molecular weight is 810 g/mol. The van der Waals surface area contributed by atoms with E-state index in [1.807, 2.05) is 54.6 Å². The fourth-order valence-electron chi connectivity index (χ4n) is 5.82. The maximum absolute atomic E-state index is 13.6. The summed E-state index contributed by atoms with van der Waals surface area (Å²) in [4.78, 5) is 57.1. The Bertz CT molecular complexity index is 2140. The molecule has 53 heavy (non-hydrogen) atoms. The molecule has 4 aromatic carbocycles. The molecule has 6 rings (SSSR count). The molecule has 0 atom stereocenters. The topological polar surface area (TPSA) is 117 Å². The standard InChI is InChI=1S/C41H37BrN4O5S2/c1-2-51-41(50)37-33-19-20-46(24-27-11-5-3-6-12-27)25-35(33)53-40(37)45-36(47)26-52-32-18-10-17-31(23-32)43-39(49)34(22-28-13-9-16-30(42)21-28)44-38(48)29-14-7-4-8-15-29/h3-18,21-23H,2,19-20,24-26H2,1H3,(H,43,49)(H,44,48)(H,45,47)/b34-22+. The van der Waals surface area contributed by atoms with Crippen LogP contribution in [0, 0.1) is 0 Å². The first-order valence-electron chi connectivity index (χ1n) is 17.0. The first-order valence-corrected chi connectivity index (χ1v) is 19.6. The van der Waals surface area contributed by atoms with E-state index in [0.717, 1.165) is 38.5 Å². The number of benzene rings is 4. The molecule has 0 bridgehead atoms. The number of fused-ring (bicyclic) bond motifs is 1. The van der Waals surface area contributed by atoms with Gasteiger partial charge in [0.2, 0.25) is 5.91 Å². The van der Waals surface area contributed by atoms with Crippen LogP contribution in [0.15, 0.2) is 124 Å². The molecule has 3 amide bonds. The number of carbonyl (C=O) groups is 4. The van der Waals surface area contributed by atoms with E-state index in [1.165, 1.54) is 28.7 Å². The van der Waals surface area contributed by atoms with E-state index in [1.54, 1.807) is 55.5 Å². The lowest BCUT2D eigenvalue weighted by Gasteiger charge is -2.27. The third-order valence-corrected chi connectivity index (χ3v) is 10.9. The van der Waals surface area contributed by atoms with Gasteiger partial charge in [-0.25, -0.2) is 4.79 Å². The summed E-state index contributed by atoms with van der Waals surface area (Å²) in [5.41, 5.74) is 4.30. The van der Waals surface area contributed by atoms with Crippen molar-refractivity contribution < 1.29 is 23.9 Å². The number of carbonyl (C=O) groups excluding carboxylic acids is 4. The van der Waals surface area contributed by atoms with Crippen LogP contribution in [0.3, 0.4) is 0 Å². The number of ether oxygens (including phenoxy) is 1. The van der Waals surface area contributed by atoms with E-state index in [0.29, 0.717) is 34.8 Å². The molecule has 0 aliphatic carbocycles. The van der Waals surface area contributed by atoms with Crippen LogP contribution in [-0.2, 0) is 33.8 Å². The van der Waals surface area contributed by atoms with Gasteiger partial charge in [-0.2, -0.15) is 0 Å². The molecule has 12 heteroatoms. The minimum atomic E-state index is -0.510. The summed E-state index contributed by atoms with van der Waals surface area (Å²) in [5, 5.41) is 9.12. The Hall–Kier alpha value is -5.01. The lowest BCUT2D eigenvalue weighted by Crippen LogP contribution is -2.30. The molecule has 0 radical (unpaired) electrons. The Balaban J connectivity index is 1.12. The summed E-state index contributed by atoms with van der Waals surface area (Å²) in [7, 11) is 0. The molecule has 1 aromatic heterocycles. The van der Waals surface area contributed by atoms with Gasteiger partial charge in [0.25, 0.3) is 11.8 Å². The summed E-state index contributed by atoms with van der Waals surface area (Å²) < 4.78 is 6.23. The number of rotatable bonds is 13. The van der Waals surface area contributed by atoms with Gasteiger partial charge in [-0.3, -0.25) is 19.3 Å². The smallest absolute Gasteiger partial charge is 0.341 e. The maximum atomic E-state index is 13.6. The summed E-state index contributed by atoms with van der Waals surface area (Å²) in [6.45, 7) is 4.28. The van der Waals surface area contributed by atoms with Crippen LogP contribution in [0.1, 0.15) is 49.2 Å². The molecule has 1 aliphatic heterocycles. The van der Waals surface area contributed by atoms with Gasteiger partial charge in [0, 0.05) is 45.1 Å². The van der Waals surface area contributed by atoms with Crippen molar-refractivity contribution in [1.29, 1.82) is 0 Å². The van der Waals surface area contributed by atoms with Crippen molar-refractivity contribution in [2.75, 3.05) is 29.5 Å². The van der Waals surface area contributed by atoms with E-state index < -0.39 is 17.8 Å². The monoisotopic (exact) mass is 808 g/mol. The van der Waals surface area contributed by atoms with Crippen molar-refractivity contribution in [3.8, 4) is 0 Å². The first-order chi connectivity index (χ1) is 25.7. The zero-order valence-corrected chi connectivity index (χ0v) is 32.1. The van der Waals surface area contributed by atoms with E-state index in [2.05, 4.69) is 48.9 Å². The second kappa shape index (κ2) is 18.2. The van der Waals surface area contributed by atoms with E-state index in [9.17, 15) is 19.2 Å². The number of halogens is 1.